The van der Waals surface area contributed by atoms with E-state index < -0.39 is 5.82 Å². The average molecular weight is 311 g/mol. The first-order chi connectivity index (χ1) is 8.58. The quantitative estimate of drug-likeness (QED) is 0.673. The minimum atomic E-state index is -0.551. The number of halogens is 2. The number of amidine groups is 1. The van der Waals surface area contributed by atoms with E-state index in [-0.39, 0.29) is 23.0 Å². The van der Waals surface area contributed by atoms with Crippen LogP contribution in [-0.4, -0.2) is 16.0 Å². The molecule has 1 aromatic heterocycles. The fourth-order valence-corrected chi connectivity index (χ4v) is 1.59. The molecular formula is C11H8BrFN4O. The van der Waals surface area contributed by atoms with Gasteiger partial charge >= 0.3 is 0 Å². The summed E-state index contributed by atoms with van der Waals surface area (Å²) in [6, 6.07) is 5.81. The molecule has 0 amide bonds. The first kappa shape index (κ1) is 12.4. The number of hydrogen-bond donors (Lipinski definition) is 2. The Hall–Kier alpha value is -2.02. The Labute approximate surface area is 110 Å². The molecule has 7 heteroatoms. The second-order valence-corrected chi connectivity index (χ2v) is 4.26. The molecule has 0 aliphatic carbocycles. The Kier molecular flexibility index (Phi) is 3.52. The van der Waals surface area contributed by atoms with E-state index in [4.69, 9.17) is 15.9 Å². The third kappa shape index (κ3) is 2.62. The Morgan fingerprint density at radius 1 is 1.39 bits per heavy atom. The molecule has 1 aromatic carbocycles. The van der Waals surface area contributed by atoms with Crippen molar-refractivity contribution in [2.24, 2.45) is 5.73 Å². The zero-order valence-corrected chi connectivity index (χ0v) is 10.6. The van der Waals surface area contributed by atoms with E-state index in [0.29, 0.717) is 4.47 Å². The molecule has 0 aliphatic heterocycles. The second kappa shape index (κ2) is 5.09. The summed E-state index contributed by atoms with van der Waals surface area (Å²) in [5, 5.41) is 14.7. The fraction of sp³-hybridized carbons (Fsp3) is 0. The molecule has 0 unspecified atom stereocenters. The molecular weight excluding hydrogens is 303 g/mol. The van der Waals surface area contributed by atoms with Crippen molar-refractivity contribution < 1.29 is 9.13 Å². The van der Waals surface area contributed by atoms with Crippen LogP contribution in [0.25, 0.3) is 0 Å². The standard InChI is InChI=1S/C11H8BrFN4O/c12-6-1-2-9(8(13)5-6)18-11-7(10(14)15)3-4-16-17-11/h1-5H,(H3,14,15). The summed E-state index contributed by atoms with van der Waals surface area (Å²) in [6.07, 6.45) is 1.38. The summed E-state index contributed by atoms with van der Waals surface area (Å²) >= 11 is 3.14. The van der Waals surface area contributed by atoms with E-state index >= 15 is 0 Å². The molecule has 18 heavy (non-hydrogen) atoms. The van der Waals surface area contributed by atoms with Crippen LogP contribution in [-0.2, 0) is 0 Å². The maximum absolute atomic E-state index is 13.6. The Balaban J connectivity index is 2.37. The summed E-state index contributed by atoms with van der Waals surface area (Å²) in [4.78, 5) is 0. The molecule has 0 aliphatic rings. The first-order valence-corrected chi connectivity index (χ1v) is 5.66. The van der Waals surface area contributed by atoms with Crippen LogP contribution < -0.4 is 10.5 Å². The molecule has 0 saturated carbocycles. The zero-order chi connectivity index (χ0) is 13.1. The molecule has 0 spiro atoms. The smallest absolute Gasteiger partial charge is 0.250 e. The van der Waals surface area contributed by atoms with Gasteiger partial charge in [-0.3, -0.25) is 5.41 Å². The van der Waals surface area contributed by atoms with Crippen LogP contribution in [0.15, 0.2) is 34.9 Å². The highest BCUT2D eigenvalue weighted by Crippen LogP contribution is 2.27. The minimum Gasteiger partial charge on any atom is -0.434 e. The average Bonchev–Trinajstić information content (AvgIpc) is 2.33. The van der Waals surface area contributed by atoms with Crippen molar-refractivity contribution >= 4 is 21.8 Å². The van der Waals surface area contributed by atoms with Crippen LogP contribution in [0.5, 0.6) is 11.6 Å². The predicted octanol–water partition coefficient (Wildman–Crippen LogP) is 2.45. The summed E-state index contributed by atoms with van der Waals surface area (Å²) in [7, 11) is 0. The van der Waals surface area contributed by atoms with Gasteiger partial charge in [0.05, 0.1) is 11.8 Å². The van der Waals surface area contributed by atoms with E-state index in [1.807, 2.05) is 0 Å². The molecule has 2 aromatic rings. The van der Waals surface area contributed by atoms with Crippen molar-refractivity contribution in [3.8, 4) is 11.6 Å². The van der Waals surface area contributed by atoms with Crippen molar-refractivity contribution in [1.29, 1.82) is 5.41 Å². The van der Waals surface area contributed by atoms with Gasteiger partial charge in [0.15, 0.2) is 11.6 Å². The number of ether oxygens (including phenoxy) is 1. The lowest BCUT2D eigenvalue weighted by Gasteiger charge is -2.08. The SMILES string of the molecule is N=C(N)c1ccnnc1Oc1ccc(Br)cc1F. The monoisotopic (exact) mass is 310 g/mol. The number of nitrogens with zero attached hydrogens (tertiary/aromatic N) is 2. The molecule has 1 heterocycles. The number of nitrogens with one attached hydrogen (secondary N) is 1. The molecule has 5 nitrogen and oxygen atoms in total. The van der Waals surface area contributed by atoms with Crippen molar-refractivity contribution in [2.45, 2.75) is 0 Å². The maximum atomic E-state index is 13.6. The van der Waals surface area contributed by atoms with Crippen LogP contribution in [0.1, 0.15) is 5.56 Å². The van der Waals surface area contributed by atoms with E-state index in [9.17, 15) is 4.39 Å². The van der Waals surface area contributed by atoms with E-state index in [1.165, 1.54) is 24.4 Å². The van der Waals surface area contributed by atoms with E-state index in [2.05, 4.69) is 26.1 Å². The van der Waals surface area contributed by atoms with Crippen molar-refractivity contribution in [2.75, 3.05) is 0 Å². The molecule has 2 rings (SSSR count). The second-order valence-electron chi connectivity index (χ2n) is 3.34. The Morgan fingerprint density at radius 3 is 2.83 bits per heavy atom. The van der Waals surface area contributed by atoms with Gasteiger partial charge in [-0.05, 0) is 24.3 Å². The normalized spacial score (nSPS) is 10.1. The van der Waals surface area contributed by atoms with Crippen LogP contribution >= 0.6 is 15.9 Å². The molecule has 0 atom stereocenters. The van der Waals surface area contributed by atoms with E-state index in [1.54, 1.807) is 6.07 Å². The van der Waals surface area contributed by atoms with Gasteiger partial charge in [-0.15, -0.1) is 5.10 Å². The number of nitrogen functional groups attached to an aromatic ring is 1. The lowest BCUT2D eigenvalue weighted by Crippen LogP contribution is -2.13. The third-order valence-electron chi connectivity index (χ3n) is 2.08. The first-order valence-electron chi connectivity index (χ1n) is 4.87. The van der Waals surface area contributed by atoms with Gasteiger partial charge in [0.2, 0.25) is 5.88 Å². The highest BCUT2D eigenvalue weighted by Gasteiger charge is 2.12. The molecule has 0 fully saturated rings. The van der Waals surface area contributed by atoms with Crippen LogP contribution in [0.2, 0.25) is 0 Å². The van der Waals surface area contributed by atoms with Gasteiger partial charge in [-0.2, -0.15) is 5.10 Å². The van der Waals surface area contributed by atoms with Crippen LogP contribution in [0.3, 0.4) is 0 Å². The van der Waals surface area contributed by atoms with Crippen LogP contribution in [0, 0.1) is 11.2 Å². The molecule has 92 valence electrons. The summed E-state index contributed by atoms with van der Waals surface area (Å²) in [5.74, 6) is -0.797. The molecule has 0 bridgehead atoms. The van der Waals surface area contributed by atoms with Crippen LogP contribution in [0.4, 0.5) is 4.39 Å². The fourth-order valence-electron chi connectivity index (χ4n) is 1.26. The van der Waals surface area contributed by atoms with E-state index in [0.717, 1.165) is 0 Å². The number of nitrogens with two attached hydrogens (primary N) is 1. The Bertz CT molecular complexity index is 605. The van der Waals surface area contributed by atoms with Gasteiger partial charge in [-0.1, -0.05) is 15.9 Å². The van der Waals surface area contributed by atoms with Crippen molar-refractivity contribution in [3.05, 3.63) is 46.3 Å². The minimum absolute atomic E-state index is 0.00813. The molecule has 0 saturated heterocycles. The highest BCUT2D eigenvalue weighted by atomic mass is 79.9. The zero-order valence-electron chi connectivity index (χ0n) is 9.02. The van der Waals surface area contributed by atoms with Gasteiger partial charge in [0.25, 0.3) is 0 Å². The van der Waals surface area contributed by atoms with Gasteiger partial charge in [-0.25, -0.2) is 4.39 Å². The lowest BCUT2D eigenvalue weighted by atomic mass is 10.3. The summed E-state index contributed by atoms with van der Waals surface area (Å²) < 4.78 is 19.4. The number of rotatable bonds is 3. The lowest BCUT2D eigenvalue weighted by molar-refractivity contribution is 0.420. The van der Waals surface area contributed by atoms with Gasteiger partial charge in [0, 0.05) is 4.47 Å². The molecule has 0 radical (unpaired) electrons. The van der Waals surface area contributed by atoms with Gasteiger partial charge in [0.1, 0.15) is 5.84 Å². The predicted molar refractivity (Wildman–Crippen MR) is 67.2 cm³/mol. The van der Waals surface area contributed by atoms with Gasteiger partial charge < -0.3 is 10.5 Å². The van der Waals surface area contributed by atoms with Crippen molar-refractivity contribution in [1.82, 2.24) is 10.2 Å². The Morgan fingerprint density at radius 2 is 2.17 bits per heavy atom. The highest BCUT2D eigenvalue weighted by molar-refractivity contribution is 9.10. The maximum Gasteiger partial charge on any atom is 0.250 e. The van der Waals surface area contributed by atoms with Crippen molar-refractivity contribution in [3.63, 3.8) is 0 Å². The summed E-state index contributed by atoms with van der Waals surface area (Å²) in [6.45, 7) is 0. The molecule has 3 N–H and O–H groups in total. The number of aromatic nitrogens is 2. The number of benzene rings is 1. The largest absolute Gasteiger partial charge is 0.434 e. The topological polar surface area (TPSA) is 84.9 Å². The third-order valence-corrected chi connectivity index (χ3v) is 2.57. The number of hydrogen-bond acceptors (Lipinski definition) is 4. The summed E-state index contributed by atoms with van der Waals surface area (Å²) in [5.41, 5.74) is 5.62.